The lowest BCUT2D eigenvalue weighted by molar-refractivity contribution is 0.174. The van der Waals surface area contributed by atoms with Crippen molar-refractivity contribution in [2.45, 2.75) is 58.0 Å². The number of guanidine groups is 1. The van der Waals surface area contributed by atoms with Gasteiger partial charge in [-0.2, -0.15) is 0 Å². The first kappa shape index (κ1) is 24.3. The van der Waals surface area contributed by atoms with E-state index in [0.717, 1.165) is 19.5 Å². The molecule has 0 aliphatic heterocycles. The summed E-state index contributed by atoms with van der Waals surface area (Å²) < 4.78 is 26.9. The molecule has 0 amide bonds. The summed E-state index contributed by atoms with van der Waals surface area (Å²) in [4.78, 5) is 11.0. The van der Waals surface area contributed by atoms with Crippen LogP contribution in [0.2, 0.25) is 0 Å². The lowest BCUT2D eigenvalue weighted by Gasteiger charge is -2.30. The van der Waals surface area contributed by atoms with Crippen LogP contribution in [-0.2, 0) is 10.0 Å². The Morgan fingerprint density at radius 1 is 1.18 bits per heavy atom. The summed E-state index contributed by atoms with van der Waals surface area (Å²) in [5.41, 5.74) is 0. The molecule has 0 aliphatic carbocycles. The number of nitrogens with one attached hydrogen (secondary N) is 3. The van der Waals surface area contributed by atoms with E-state index in [-0.39, 0.29) is 11.4 Å². The SMILES string of the molecule is CCNC(=NCCCN(C(C)C)C(C)C)NCCNS(=O)(=O)c1cccnc1. The van der Waals surface area contributed by atoms with Crippen LogP contribution < -0.4 is 15.4 Å². The molecule has 28 heavy (non-hydrogen) atoms. The summed E-state index contributed by atoms with van der Waals surface area (Å²) in [6, 6.07) is 4.15. The molecular formula is C19H36N6O2S. The maximum Gasteiger partial charge on any atom is 0.242 e. The van der Waals surface area contributed by atoms with Gasteiger partial charge in [-0.25, -0.2) is 13.1 Å². The van der Waals surface area contributed by atoms with E-state index >= 15 is 0 Å². The average molecular weight is 413 g/mol. The second kappa shape index (κ2) is 12.7. The zero-order chi connectivity index (χ0) is 21.0. The molecule has 0 bridgehead atoms. The molecule has 1 aromatic heterocycles. The molecule has 8 nitrogen and oxygen atoms in total. The molecule has 3 N–H and O–H groups in total. The summed E-state index contributed by atoms with van der Waals surface area (Å²) in [6.07, 6.45) is 3.85. The standard InChI is InChI=1S/C19H36N6O2S/c1-6-21-19(22-11-8-14-25(16(2)3)17(4)5)23-12-13-24-28(26,27)18-9-7-10-20-15-18/h7,9-10,15-17,24H,6,8,11-14H2,1-5H3,(H2,21,22,23). The van der Waals surface area contributed by atoms with Crippen LogP contribution in [-0.4, -0.2) is 69.1 Å². The molecule has 9 heteroatoms. The first-order valence-electron chi connectivity index (χ1n) is 9.95. The third-order valence-electron chi connectivity index (χ3n) is 4.17. The predicted octanol–water partition coefficient (Wildman–Crippen LogP) is 1.42. The zero-order valence-electron chi connectivity index (χ0n) is 17.8. The lowest BCUT2D eigenvalue weighted by atomic mass is 10.2. The molecule has 0 spiro atoms. The number of sulfonamides is 1. The van der Waals surface area contributed by atoms with Crippen molar-refractivity contribution in [2.24, 2.45) is 4.99 Å². The molecule has 0 saturated heterocycles. The van der Waals surface area contributed by atoms with Gasteiger partial charge in [-0.15, -0.1) is 0 Å². The third-order valence-corrected chi connectivity index (χ3v) is 5.62. The molecule has 0 aromatic carbocycles. The van der Waals surface area contributed by atoms with Crippen molar-refractivity contribution in [2.75, 3.05) is 32.7 Å². The lowest BCUT2D eigenvalue weighted by Crippen LogP contribution is -2.42. The molecule has 160 valence electrons. The minimum atomic E-state index is -3.54. The maximum absolute atomic E-state index is 12.2. The number of hydrogen-bond donors (Lipinski definition) is 3. The summed E-state index contributed by atoms with van der Waals surface area (Å²) in [5.74, 6) is 0.698. The Kier molecular flexibility index (Phi) is 11.0. The van der Waals surface area contributed by atoms with Gasteiger partial charge >= 0.3 is 0 Å². The van der Waals surface area contributed by atoms with Gasteiger partial charge in [-0.05, 0) is 53.2 Å². The molecule has 0 radical (unpaired) electrons. The van der Waals surface area contributed by atoms with E-state index < -0.39 is 10.0 Å². The topological polar surface area (TPSA) is 98.7 Å². The highest BCUT2D eigenvalue weighted by Crippen LogP contribution is 2.06. The number of aromatic nitrogens is 1. The second-order valence-electron chi connectivity index (χ2n) is 7.05. The molecule has 1 aromatic rings. The van der Waals surface area contributed by atoms with Crippen molar-refractivity contribution >= 4 is 16.0 Å². The van der Waals surface area contributed by atoms with Crippen LogP contribution in [0.15, 0.2) is 34.4 Å². The van der Waals surface area contributed by atoms with Crippen molar-refractivity contribution in [3.05, 3.63) is 24.5 Å². The minimum Gasteiger partial charge on any atom is -0.357 e. The number of nitrogens with zero attached hydrogens (tertiary/aromatic N) is 3. The van der Waals surface area contributed by atoms with Gasteiger partial charge < -0.3 is 10.6 Å². The number of pyridine rings is 1. The first-order valence-corrected chi connectivity index (χ1v) is 11.4. The van der Waals surface area contributed by atoms with Crippen molar-refractivity contribution in [1.82, 2.24) is 25.2 Å². The Morgan fingerprint density at radius 2 is 1.89 bits per heavy atom. The van der Waals surface area contributed by atoms with Crippen LogP contribution in [0.4, 0.5) is 0 Å². The molecule has 0 unspecified atom stereocenters. The van der Waals surface area contributed by atoms with Crippen molar-refractivity contribution in [1.29, 1.82) is 0 Å². The van der Waals surface area contributed by atoms with E-state index in [2.05, 4.69) is 57.9 Å². The third kappa shape index (κ3) is 8.99. The summed E-state index contributed by atoms with van der Waals surface area (Å²) in [7, 11) is -3.54. The van der Waals surface area contributed by atoms with Crippen molar-refractivity contribution < 1.29 is 8.42 Å². The van der Waals surface area contributed by atoms with Gasteiger partial charge in [0.25, 0.3) is 0 Å². The first-order chi connectivity index (χ1) is 13.3. The maximum atomic E-state index is 12.2. The van der Waals surface area contributed by atoms with E-state index in [9.17, 15) is 8.42 Å². The van der Waals surface area contributed by atoms with Gasteiger partial charge in [-0.3, -0.25) is 14.9 Å². The Bertz CT molecular complexity index is 669. The van der Waals surface area contributed by atoms with Gasteiger partial charge in [0.2, 0.25) is 10.0 Å². The monoisotopic (exact) mass is 412 g/mol. The fourth-order valence-electron chi connectivity index (χ4n) is 2.85. The van der Waals surface area contributed by atoms with Crippen LogP contribution in [0.25, 0.3) is 0 Å². The molecule has 0 fully saturated rings. The summed E-state index contributed by atoms with van der Waals surface area (Å²) in [5, 5.41) is 6.34. The highest BCUT2D eigenvalue weighted by atomic mass is 32.2. The van der Waals surface area contributed by atoms with E-state index in [1.54, 1.807) is 12.3 Å². The minimum absolute atomic E-state index is 0.162. The normalized spacial score (nSPS) is 12.8. The number of hydrogen-bond acceptors (Lipinski definition) is 5. The summed E-state index contributed by atoms with van der Waals surface area (Å²) in [6.45, 7) is 14.0. The predicted molar refractivity (Wildman–Crippen MR) is 115 cm³/mol. The molecule has 1 rings (SSSR count). The van der Waals surface area contributed by atoms with Crippen LogP contribution in [0.1, 0.15) is 41.0 Å². The quantitative estimate of drug-likeness (QED) is 0.273. The van der Waals surface area contributed by atoms with Crippen LogP contribution in [0.5, 0.6) is 0 Å². The second-order valence-corrected chi connectivity index (χ2v) is 8.82. The largest absolute Gasteiger partial charge is 0.357 e. The molecule has 0 saturated carbocycles. The van der Waals surface area contributed by atoms with Gasteiger partial charge in [0.05, 0.1) is 0 Å². The van der Waals surface area contributed by atoms with Gasteiger partial charge in [0.15, 0.2) is 5.96 Å². The van der Waals surface area contributed by atoms with Crippen molar-refractivity contribution in [3.8, 4) is 0 Å². The molecular weight excluding hydrogens is 376 g/mol. The van der Waals surface area contributed by atoms with E-state index in [1.807, 2.05) is 6.92 Å². The average Bonchev–Trinajstić information content (AvgIpc) is 2.65. The van der Waals surface area contributed by atoms with Crippen LogP contribution in [0.3, 0.4) is 0 Å². The summed E-state index contributed by atoms with van der Waals surface area (Å²) >= 11 is 0. The zero-order valence-corrected chi connectivity index (χ0v) is 18.6. The fraction of sp³-hybridized carbons (Fsp3) is 0.684. The highest BCUT2D eigenvalue weighted by Gasteiger charge is 2.13. The smallest absolute Gasteiger partial charge is 0.242 e. The van der Waals surface area contributed by atoms with Gasteiger partial charge in [-0.1, -0.05) is 0 Å². The molecule has 0 aliphatic rings. The fourth-order valence-corrected chi connectivity index (χ4v) is 3.85. The number of aliphatic imine (C=N–C) groups is 1. The van der Waals surface area contributed by atoms with Crippen molar-refractivity contribution in [3.63, 3.8) is 0 Å². The Balaban J connectivity index is 2.42. The Morgan fingerprint density at radius 3 is 2.46 bits per heavy atom. The molecule has 0 atom stereocenters. The van der Waals surface area contributed by atoms with E-state index in [4.69, 9.17) is 0 Å². The highest BCUT2D eigenvalue weighted by molar-refractivity contribution is 7.89. The van der Waals surface area contributed by atoms with Crippen LogP contribution >= 0.6 is 0 Å². The van der Waals surface area contributed by atoms with E-state index in [0.29, 0.717) is 31.1 Å². The Hall–Kier alpha value is -1.71. The van der Waals surface area contributed by atoms with Gasteiger partial charge in [0.1, 0.15) is 4.90 Å². The van der Waals surface area contributed by atoms with E-state index in [1.165, 1.54) is 12.3 Å². The number of rotatable bonds is 12. The van der Waals surface area contributed by atoms with Crippen LogP contribution in [0, 0.1) is 0 Å². The molecule has 1 heterocycles. The van der Waals surface area contributed by atoms with Gasteiger partial charge in [0, 0.05) is 57.2 Å². The Labute approximate surface area is 170 Å².